The van der Waals surface area contributed by atoms with Crippen molar-refractivity contribution in [3.8, 4) is 11.5 Å². The van der Waals surface area contributed by atoms with Crippen LogP contribution in [0.25, 0.3) is 11.5 Å². The van der Waals surface area contributed by atoms with E-state index in [1.807, 2.05) is 44.2 Å². The molecule has 0 atom stereocenters. The number of nitrogens with zero attached hydrogens (tertiary/aromatic N) is 1. The van der Waals surface area contributed by atoms with E-state index < -0.39 is 0 Å². The van der Waals surface area contributed by atoms with E-state index in [1.54, 1.807) is 19.1 Å². The Kier molecular flexibility index (Phi) is 5.21. The van der Waals surface area contributed by atoms with Gasteiger partial charge in [0.05, 0.1) is 12.1 Å². The molecule has 5 nitrogen and oxygen atoms in total. The first-order chi connectivity index (χ1) is 12.8. The van der Waals surface area contributed by atoms with E-state index in [0.717, 1.165) is 16.7 Å². The van der Waals surface area contributed by atoms with Crippen LogP contribution in [0.4, 0.5) is 5.69 Å². The van der Waals surface area contributed by atoms with Gasteiger partial charge in [0.1, 0.15) is 5.76 Å². The summed E-state index contributed by atoms with van der Waals surface area (Å²) in [7, 11) is 0. The summed E-state index contributed by atoms with van der Waals surface area (Å²) in [5.41, 5.74) is 4.67. The van der Waals surface area contributed by atoms with Crippen LogP contribution in [0.1, 0.15) is 39.9 Å². The normalized spacial score (nSPS) is 10.7. The monoisotopic (exact) mass is 362 g/mol. The summed E-state index contributed by atoms with van der Waals surface area (Å²) in [6, 6.07) is 13.1. The number of anilines is 1. The number of ketones is 1. The molecule has 1 N–H and O–H groups in total. The third kappa shape index (κ3) is 4.14. The molecule has 3 rings (SSSR count). The van der Waals surface area contributed by atoms with Gasteiger partial charge in [-0.15, -0.1) is 0 Å². The highest BCUT2D eigenvalue weighted by molar-refractivity contribution is 5.98. The van der Waals surface area contributed by atoms with Crippen molar-refractivity contribution in [3.05, 3.63) is 70.6 Å². The van der Waals surface area contributed by atoms with Gasteiger partial charge in [0.15, 0.2) is 5.78 Å². The zero-order chi connectivity index (χ0) is 19.6. The average molecular weight is 362 g/mol. The van der Waals surface area contributed by atoms with Gasteiger partial charge in [-0.05, 0) is 51.0 Å². The minimum Gasteiger partial charge on any atom is -0.441 e. The largest absolute Gasteiger partial charge is 0.441 e. The second-order valence-electron chi connectivity index (χ2n) is 6.65. The smallest absolute Gasteiger partial charge is 0.230 e. The van der Waals surface area contributed by atoms with Gasteiger partial charge in [0, 0.05) is 16.8 Å². The van der Waals surface area contributed by atoms with Crippen LogP contribution in [0.15, 0.2) is 46.9 Å². The molecule has 0 fully saturated rings. The summed E-state index contributed by atoms with van der Waals surface area (Å²) in [6.45, 7) is 7.18. The van der Waals surface area contributed by atoms with Crippen molar-refractivity contribution >= 4 is 17.4 Å². The van der Waals surface area contributed by atoms with Crippen LogP contribution in [0.3, 0.4) is 0 Å². The molecule has 5 heteroatoms. The number of aryl methyl sites for hydroxylation is 3. The van der Waals surface area contributed by atoms with Crippen molar-refractivity contribution in [1.29, 1.82) is 0 Å². The Morgan fingerprint density at radius 1 is 1.04 bits per heavy atom. The molecule has 0 aliphatic rings. The standard InChI is InChI=1S/C22H22N2O3/c1-13-7-5-6-8-18(13)22-24-20(16(4)27-22)12-21(26)23-19-11-17(15(3)25)10-9-14(19)2/h5-11H,12H2,1-4H3,(H,23,26). The van der Waals surface area contributed by atoms with Crippen molar-refractivity contribution in [2.24, 2.45) is 0 Å². The zero-order valence-electron chi connectivity index (χ0n) is 15.9. The highest BCUT2D eigenvalue weighted by atomic mass is 16.4. The lowest BCUT2D eigenvalue weighted by molar-refractivity contribution is -0.115. The molecule has 138 valence electrons. The molecule has 0 saturated carbocycles. The Balaban J connectivity index is 1.78. The number of hydrogen-bond acceptors (Lipinski definition) is 4. The molecule has 0 unspecified atom stereocenters. The number of Topliss-reactive ketones (excluding diaryl/α,β-unsaturated/α-hetero) is 1. The SMILES string of the molecule is CC(=O)c1ccc(C)c(NC(=O)Cc2nc(-c3ccccc3C)oc2C)c1. The molecule has 0 spiro atoms. The van der Waals surface area contributed by atoms with Crippen LogP contribution in [0.5, 0.6) is 0 Å². The minimum atomic E-state index is -0.202. The number of aromatic nitrogens is 1. The number of oxazole rings is 1. The molecule has 1 amide bonds. The van der Waals surface area contributed by atoms with Crippen molar-refractivity contribution in [1.82, 2.24) is 4.98 Å². The lowest BCUT2D eigenvalue weighted by Crippen LogP contribution is -2.16. The fourth-order valence-electron chi connectivity index (χ4n) is 2.84. The van der Waals surface area contributed by atoms with E-state index >= 15 is 0 Å². The predicted octanol–water partition coefficient (Wildman–Crippen LogP) is 4.65. The first-order valence-corrected chi connectivity index (χ1v) is 8.79. The quantitative estimate of drug-likeness (QED) is 0.671. The maximum absolute atomic E-state index is 12.5. The molecule has 0 saturated heterocycles. The van der Waals surface area contributed by atoms with Gasteiger partial charge in [0.25, 0.3) is 0 Å². The van der Waals surface area contributed by atoms with Gasteiger partial charge < -0.3 is 9.73 Å². The zero-order valence-corrected chi connectivity index (χ0v) is 15.9. The summed E-state index contributed by atoms with van der Waals surface area (Å²) in [4.78, 5) is 28.6. The number of hydrogen-bond donors (Lipinski definition) is 1. The Morgan fingerprint density at radius 2 is 1.78 bits per heavy atom. The molecule has 0 bridgehead atoms. The van der Waals surface area contributed by atoms with Crippen molar-refractivity contribution in [2.45, 2.75) is 34.1 Å². The van der Waals surface area contributed by atoms with E-state index in [0.29, 0.717) is 28.6 Å². The summed E-state index contributed by atoms with van der Waals surface area (Å²) in [6.07, 6.45) is 0.102. The van der Waals surface area contributed by atoms with Crippen LogP contribution in [-0.2, 0) is 11.2 Å². The average Bonchev–Trinajstić information content (AvgIpc) is 2.97. The van der Waals surface area contributed by atoms with Crippen LogP contribution in [-0.4, -0.2) is 16.7 Å². The lowest BCUT2D eigenvalue weighted by Gasteiger charge is -2.09. The molecule has 0 aliphatic heterocycles. The number of nitrogens with one attached hydrogen (secondary N) is 1. The van der Waals surface area contributed by atoms with Crippen molar-refractivity contribution in [2.75, 3.05) is 5.32 Å². The molecular formula is C22H22N2O3. The summed E-state index contributed by atoms with van der Waals surface area (Å²) < 4.78 is 5.77. The predicted molar refractivity (Wildman–Crippen MR) is 105 cm³/mol. The highest BCUT2D eigenvalue weighted by Crippen LogP contribution is 2.25. The van der Waals surface area contributed by atoms with E-state index in [-0.39, 0.29) is 18.1 Å². The van der Waals surface area contributed by atoms with Gasteiger partial charge in [-0.1, -0.05) is 30.3 Å². The van der Waals surface area contributed by atoms with Crippen LogP contribution < -0.4 is 5.32 Å². The van der Waals surface area contributed by atoms with Gasteiger partial charge in [0.2, 0.25) is 11.8 Å². The van der Waals surface area contributed by atoms with Crippen molar-refractivity contribution in [3.63, 3.8) is 0 Å². The number of carbonyl (C=O) groups is 2. The second-order valence-corrected chi connectivity index (χ2v) is 6.65. The topological polar surface area (TPSA) is 72.2 Å². The Labute approximate surface area is 158 Å². The van der Waals surface area contributed by atoms with E-state index in [1.165, 1.54) is 6.92 Å². The van der Waals surface area contributed by atoms with Gasteiger partial charge >= 0.3 is 0 Å². The fraction of sp³-hybridized carbons (Fsp3) is 0.227. The fourth-order valence-corrected chi connectivity index (χ4v) is 2.84. The molecular weight excluding hydrogens is 340 g/mol. The molecule has 1 aromatic heterocycles. The Morgan fingerprint density at radius 3 is 2.48 bits per heavy atom. The van der Waals surface area contributed by atoms with Crippen LogP contribution in [0.2, 0.25) is 0 Å². The van der Waals surface area contributed by atoms with Gasteiger partial charge in [-0.3, -0.25) is 9.59 Å². The molecule has 27 heavy (non-hydrogen) atoms. The summed E-state index contributed by atoms with van der Waals surface area (Å²) in [5, 5.41) is 2.87. The second kappa shape index (κ2) is 7.58. The maximum Gasteiger partial charge on any atom is 0.230 e. The molecule has 0 aliphatic carbocycles. The third-order valence-electron chi connectivity index (χ3n) is 4.51. The molecule has 1 heterocycles. The van der Waals surface area contributed by atoms with Crippen molar-refractivity contribution < 1.29 is 14.0 Å². The summed E-state index contributed by atoms with van der Waals surface area (Å²) in [5.74, 6) is 0.896. The Hall–Kier alpha value is -3.21. The molecule has 2 aromatic carbocycles. The van der Waals surface area contributed by atoms with Gasteiger partial charge in [-0.25, -0.2) is 4.98 Å². The minimum absolute atomic E-state index is 0.0410. The van der Waals surface area contributed by atoms with Crippen LogP contribution >= 0.6 is 0 Å². The molecule has 3 aromatic rings. The number of carbonyl (C=O) groups excluding carboxylic acids is 2. The molecule has 0 radical (unpaired) electrons. The number of amides is 1. The summed E-state index contributed by atoms with van der Waals surface area (Å²) >= 11 is 0. The first kappa shape index (κ1) is 18.6. The van der Waals surface area contributed by atoms with E-state index in [4.69, 9.17) is 4.42 Å². The van der Waals surface area contributed by atoms with Gasteiger partial charge in [-0.2, -0.15) is 0 Å². The maximum atomic E-state index is 12.5. The Bertz CT molecular complexity index is 1020. The van der Waals surface area contributed by atoms with E-state index in [9.17, 15) is 9.59 Å². The highest BCUT2D eigenvalue weighted by Gasteiger charge is 2.16. The third-order valence-corrected chi connectivity index (χ3v) is 4.51. The first-order valence-electron chi connectivity index (χ1n) is 8.79. The number of rotatable bonds is 5. The van der Waals surface area contributed by atoms with Crippen LogP contribution in [0, 0.1) is 20.8 Å². The van der Waals surface area contributed by atoms with E-state index in [2.05, 4.69) is 10.3 Å². The number of benzene rings is 2. The lowest BCUT2D eigenvalue weighted by atomic mass is 10.1.